The second-order valence-electron chi connectivity index (χ2n) is 6.35. The predicted molar refractivity (Wildman–Crippen MR) is 110 cm³/mol. The molecule has 1 aliphatic rings. The van der Waals surface area contributed by atoms with E-state index in [0.29, 0.717) is 0 Å². The van der Waals surface area contributed by atoms with E-state index in [-0.39, 0.29) is 37.0 Å². The van der Waals surface area contributed by atoms with Crippen LogP contribution in [0.4, 0.5) is 0 Å². The monoisotopic (exact) mass is 484 g/mol. The van der Waals surface area contributed by atoms with Gasteiger partial charge in [0, 0.05) is 0 Å². The van der Waals surface area contributed by atoms with Crippen LogP contribution in [0.1, 0.15) is 19.2 Å². The molecule has 0 aliphatic carbocycles. The summed E-state index contributed by atoms with van der Waals surface area (Å²) in [6.07, 6.45) is 0.909. The molecule has 3 rings (SSSR count). The van der Waals surface area contributed by atoms with E-state index >= 15 is 0 Å². The number of aromatic amines is 1. The number of H-pyrrole nitrogens is 1. The maximum atomic E-state index is 12.4. The number of carbonyl (C=O) groups is 2. The third-order valence-electron chi connectivity index (χ3n) is 4.18. The third kappa shape index (κ3) is 5.41. The number of esters is 2. The number of hydrogen-bond acceptors (Lipinski definition) is 7. The van der Waals surface area contributed by atoms with Crippen LogP contribution < -0.4 is 15.7 Å². The van der Waals surface area contributed by atoms with Gasteiger partial charge in [-0.15, -0.1) is 0 Å². The number of ether oxygens (including phenoxy) is 2. The Hall–Kier alpha value is -2.29. The van der Waals surface area contributed by atoms with Crippen molar-refractivity contribution in [2.24, 2.45) is 0 Å². The zero-order valence-electron chi connectivity index (χ0n) is 15.8. The summed E-state index contributed by atoms with van der Waals surface area (Å²) >= 11 is 1.25. The Bertz CT molecular complexity index is 992. The molecule has 154 valence electrons. The van der Waals surface area contributed by atoms with Gasteiger partial charge in [-0.3, -0.25) is 0 Å². The molecular weight excluding hydrogens is 463 g/mol. The van der Waals surface area contributed by atoms with Gasteiger partial charge in [-0.05, 0) is 0 Å². The van der Waals surface area contributed by atoms with Crippen molar-refractivity contribution in [3.63, 3.8) is 0 Å². The molecule has 1 aliphatic heterocycles. The summed E-state index contributed by atoms with van der Waals surface area (Å²) in [5.74, 6) is -0.867. The molecule has 0 spiro atoms. The molecule has 29 heavy (non-hydrogen) atoms. The van der Waals surface area contributed by atoms with E-state index < -0.39 is 29.3 Å². The number of nitrogens with one attached hydrogen (secondary N) is 1. The average Bonchev–Trinajstić information content (AvgIpc) is 2.97. The molecule has 0 unspecified atom stereocenters. The molecule has 8 nitrogen and oxygen atoms in total. The molecule has 4 atom stereocenters. The molecule has 0 saturated carbocycles. The fourth-order valence-electron chi connectivity index (χ4n) is 3.01. The van der Waals surface area contributed by atoms with E-state index in [0.717, 1.165) is 4.46 Å². The number of benzene rings is 1. The second-order valence-corrected chi connectivity index (χ2v) is 10.3. The van der Waals surface area contributed by atoms with Gasteiger partial charge < -0.3 is 0 Å². The van der Waals surface area contributed by atoms with Gasteiger partial charge in [0.15, 0.2) is 0 Å². The van der Waals surface area contributed by atoms with Gasteiger partial charge in [0.05, 0.1) is 0 Å². The fraction of sp³-hybridized carbons (Fsp3) is 0.368. The van der Waals surface area contributed by atoms with Crippen molar-refractivity contribution in [1.82, 2.24) is 9.55 Å². The summed E-state index contributed by atoms with van der Waals surface area (Å²) in [6.45, 7) is 2.71. The molecule has 2 aromatic rings. The van der Waals surface area contributed by atoms with Gasteiger partial charge in [0.25, 0.3) is 0 Å². The molecule has 1 N–H and O–H groups in total. The summed E-state index contributed by atoms with van der Waals surface area (Å²) < 4.78 is 13.3. The van der Waals surface area contributed by atoms with Crippen LogP contribution in [0.15, 0.2) is 52.2 Å². The summed E-state index contributed by atoms with van der Waals surface area (Å²) in [6, 6.07) is 11.0. The molecule has 2 heterocycles. The van der Waals surface area contributed by atoms with Crippen molar-refractivity contribution in [3.8, 4) is 0 Å². The van der Waals surface area contributed by atoms with E-state index in [1.165, 1.54) is 42.4 Å². The van der Waals surface area contributed by atoms with Crippen molar-refractivity contribution in [2.45, 2.75) is 35.4 Å². The molecule has 0 bridgehead atoms. The number of rotatable bonds is 6. The Morgan fingerprint density at radius 1 is 1.14 bits per heavy atom. The van der Waals surface area contributed by atoms with Gasteiger partial charge in [-0.1, -0.05) is 0 Å². The minimum absolute atomic E-state index is 0.0634. The zero-order chi connectivity index (χ0) is 21.0. The first kappa shape index (κ1) is 21.4. The Morgan fingerprint density at radius 3 is 2.48 bits per heavy atom. The van der Waals surface area contributed by atoms with Crippen LogP contribution in [0.5, 0.6) is 0 Å². The van der Waals surface area contributed by atoms with Crippen molar-refractivity contribution in [1.29, 1.82) is 0 Å². The molecular formula is C19H20N2O6SSe. The number of carbonyl (C=O) groups excluding carboxylic acids is 2. The van der Waals surface area contributed by atoms with Crippen LogP contribution in [0, 0.1) is 0 Å². The van der Waals surface area contributed by atoms with E-state index in [1.807, 2.05) is 30.3 Å². The van der Waals surface area contributed by atoms with E-state index in [9.17, 15) is 19.2 Å². The first-order chi connectivity index (χ1) is 13.8. The molecule has 10 heteroatoms. The standard InChI is InChI=1S/C19H20N2O6SSe/c1-11(22)26-10-14-16(27-12(2)23)17(29-13-6-4-3-5-7-13)18(28-14)21-9-8-15(24)20-19(21)25/h3-9,14,16-18H,10H2,1-2H3,(H,20,24,25)/t14-,16-,17-,18-/m1/s1. The van der Waals surface area contributed by atoms with E-state index in [2.05, 4.69) is 4.98 Å². The first-order valence-corrected chi connectivity index (χ1v) is 11.6. The zero-order valence-corrected chi connectivity index (χ0v) is 18.3. The van der Waals surface area contributed by atoms with Gasteiger partial charge in [0.2, 0.25) is 0 Å². The number of hydrogen-bond donors (Lipinski definition) is 1. The quantitative estimate of drug-likeness (QED) is 0.470. The topological polar surface area (TPSA) is 107 Å². The summed E-state index contributed by atoms with van der Waals surface area (Å²) in [5.41, 5.74) is -1.01. The van der Waals surface area contributed by atoms with Gasteiger partial charge in [-0.2, -0.15) is 0 Å². The third-order valence-corrected chi connectivity index (χ3v) is 8.94. The van der Waals surface area contributed by atoms with Crippen LogP contribution >= 0.6 is 11.8 Å². The van der Waals surface area contributed by atoms with E-state index in [1.54, 1.807) is 0 Å². The van der Waals surface area contributed by atoms with E-state index in [4.69, 9.17) is 9.47 Å². The Kier molecular flexibility index (Phi) is 7.00. The first-order valence-electron chi connectivity index (χ1n) is 8.84. The van der Waals surface area contributed by atoms with Crippen LogP contribution in [-0.2, 0) is 19.1 Å². The molecule has 0 amide bonds. The molecule has 1 aromatic heterocycles. The van der Waals surface area contributed by atoms with Crippen LogP contribution in [0.3, 0.4) is 0 Å². The summed E-state index contributed by atoms with van der Waals surface area (Å²) in [4.78, 5) is 49.1. The maximum absolute atomic E-state index is 12.4. The molecule has 1 fully saturated rings. The molecule has 1 saturated heterocycles. The van der Waals surface area contributed by atoms with Crippen molar-refractivity contribution < 1.29 is 19.1 Å². The van der Waals surface area contributed by atoms with Gasteiger partial charge >= 0.3 is 177 Å². The van der Waals surface area contributed by atoms with Crippen LogP contribution in [0.25, 0.3) is 0 Å². The fourth-order valence-corrected chi connectivity index (χ4v) is 8.05. The molecule has 0 radical (unpaired) electrons. The van der Waals surface area contributed by atoms with Crippen molar-refractivity contribution >= 4 is 43.1 Å². The number of nitrogens with zero attached hydrogens (tertiary/aromatic N) is 1. The van der Waals surface area contributed by atoms with Crippen LogP contribution in [0.2, 0.25) is 4.82 Å². The number of thioether (sulfide) groups is 1. The average molecular weight is 483 g/mol. The summed E-state index contributed by atoms with van der Waals surface area (Å²) in [7, 11) is 0. The van der Waals surface area contributed by atoms with Crippen LogP contribution in [-0.4, -0.2) is 54.4 Å². The number of aromatic nitrogens is 2. The van der Waals surface area contributed by atoms with Gasteiger partial charge in [0.1, 0.15) is 0 Å². The SMILES string of the molecule is CC(=O)OC[C@H]1S[C@@H](n2ccc(=O)[nH]c2=O)[C@H]([Se]c2ccccc2)[C@@H]1OC(C)=O. The second kappa shape index (κ2) is 9.47. The Balaban J connectivity index is 2.00. The van der Waals surface area contributed by atoms with Gasteiger partial charge in [-0.25, -0.2) is 0 Å². The summed E-state index contributed by atoms with van der Waals surface area (Å²) in [5, 5.41) is -0.716. The Morgan fingerprint density at radius 2 is 1.86 bits per heavy atom. The minimum atomic E-state index is -0.541. The normalized spacial score (nSPS) is 23.5. The predicted octanol–water partition coefficient (Wildman–Crippen LogP) is 0.464. The Labute approximate surface area is 177 Å². The van der Waals surface area contributed by atoms with Crippen molar-refractivity contribution in [2.75, 3.05) is 6.61 Å². The molecule has 1 aromatic carbocycles. The van der Waals surface area contributed by atoms with Crippen molar-refractivity contribution in [3.05, 3.63) is 63.4 Å².